The van der Waals surface area contributed by atoms with Gasteiger partial charge in [-0.3, -0.25) is 9.62 Å². The molecular formula is C41H44FN9O14S2. The number of likely N-dealkylation sites (N-methyl/N-ethyl adjacent to an activating group) is 1. The van der Waals surface area contributed by atoms with Crippen molar-refractivity contribution in [3.05, 3.63) is 91.2 Å². The van der Waals surface area contributed by atoms with Crippen molar-refractivity contribution in [2.24, 2.45) is 0 Å². The lowest BCUT2D eigenvalue weighted by atomic mass is 9.89. The van der Waals surface area contributed by atoms with E-state index in [1.165, 1.54) is 24.5 Å². The van der Waals surface area contributed by atoms with Crippen LogP contribution in [0.3, 0.4) is 0 Å². The number of benzene rings is 2. The molecule has 2 aliphatic rings. The molecule has 5 aromatic rings. The Labute approximate surface area is 384 Å². The molecule has 0 atom stereocenters. The van der Waals surface area contributed by atoms with Crippen LogP contribution in [0.5, 0.6) is 0 Å². The third-order valence-electron chi connectivity index (χ3n) is 9.92. The summed E-state index contributed by atoms with van der Waals surface area (Å²) in [6.45, 7) is 4.44. The SMILES string of the molecule is CN1CCN(C2CCC(n3cc(-c4ccc(NS(=O)(=O)c5cccc6nsnc56)c(F)c4)c4c(N)ncnc43)CC2)CC1.O=C(O)/C=C\C(=O)O.O=C(O)/C=C\C(=O)O.O=C(O)/C=C\C(=O)O. The zero-order valence-electron chi connectivity index (χ0n) is 35.2. The third kappa shape index (κ3) is 15.5. The predicted octanol–water partition coefficient (Wildman–Crippen LogP) is 3.49. The number of sulfonamides is 1. The van der Waals surface area contributed by atoms with Crippen LogP contribution < -0.4 is 10.5 Å². The second kappa shape index (κ2) is 24.0. The average molecular weight is 970 g/mol. The lowest BCUT2D eigenvalue weighted by Gasteiger charge is -2.41. The van der Waals surface area contributed by atoms with Crippen LogP contribution >= 0.6 is 11.7 Å². The van der Waals surface area contributed by atoms with Crippen molar-refractivity contribution in [2.75, 3.05) is 43.7 Å². The monoisotopic (exact) mass is 969 g/mol. The standard InChI is InChI=1S/C29H32FN9O2S2.3C4H4O4/c1-37-11-13-38(14-12-37)19-6-8-20(9-7-19)39-16-21(26-28(31)32-17-33-29(26)39)18-5-10-23(22(30)15-18)36-43(40,41)25-4-2-3-24-27(25)35-42-34-24;3*5-3(6)1-2-4(7)8/h2-5,10,15-17,19-20,36H,6-9,11-14H2,1H3,(H2,31,32,33);3*1-2H,(H,5,6)(H,7,8)/b;3*2-1-. The summed E-state index contributed by atoms with van der Waals surface area (Å²) in [5.74, 6) is -7.94. The van der Waals surface area contributed by atoms with E-state index in [9.17, 15) is 37.2 Å². The van der Waals surface area contributed by atoms with Crippen LogP contribution in [0, 0.1) is 5.82 Å². The maximum atomic E-state index is 15.5. The number of carbonyl (C=O) groups is 6. The lowest BCUT2D eigenvalue weighted by Crippen LogP contribution is -2.49. The van der Waals surface area contributed by atoms with Crippen LogP contribution in [0.4, 0.5) is 15.9 Å². The van der Waals surface area contributed by atoms with E-state index in [2.05, 4.69) is 44.9 Å². The van der Waals surface area contributed by atoms with E-state index >= 15 is 4.39 Å². The number of carboxylic acid groups (broad SMARTS) is 6. The quantitative estimate of drug-likeness (QED) is 0.0829. The number of nitrogens with two attached hydrogens (primary N) is 1. The van der Waals surface area contributed by atoms with Crippen LogP contribution in [-0.2, 0) is 38.8 Å². The highest BCUT2D eigenvalue weighted by Gasteiger charge is 2.30. The van der Waals surface area contributed by atoms with Gasteiger partial charge in [-0.25, -0.2) is 51.5 Å². The number of piperazine rings is 1. The topological polar surface area (TPSA) is 359 Å². The minimum atomic E-state index is -4.11. The minimum absolute atomic E-state index is 0.0578. The first kappa shape index (κ1) is 51.9. The van der Waals surface area contributed by atoms with E-state index in [1.54, 1.807) is 18.2 Å². The van der Waals surface area contributed by atoms with Crippen LogP contribution in [0.1, 0.15) is 31.7 Å². The molecule has 1 saturated carbocycles. The number of nitrogens with one attached hydrogen (secondary N) is 1. The number of aromatic nitrogens is 5. The second-order valence-electron chi connectivity index (χ2n) is 14.4. The van der Waals surface area contributed by atoms with Crippen molar-refractivity contribution < 1.29 is 72.2 Å². The van der Waals surface area contributed by atoms with Crippen LogP contribution in [0.15, 0.2) is 90.3 Å². The molecule has 7 rings (SSSR count). The molecule has 1 aliphatic heterocycles. The second-order valence-corrected chi connectivity index (χ2v) is 16.6. The van der Waals surface area contributed by atoms with Gasteiger partial charge in [-0.05, 0) is 62.6 Å². The van der Waals surface area contributed by atoms with Gasteiger partial charge < -0.3 is 45.8 Å². The van der Waals surface area contributed by atoms with Gasteiger partial charge in [0.1, 0.15) is 39.5 Å². The summed E-state index contributed by atoms with van der Waals surface area (Å²) in [5, 5.41) is 47.5. The molecule has 356 valence electrons. The van der Waals surface area contributed by atoms with E-state index in [1.807, 2.05) is 6.20 Å². The average Bonchev–Trinajstić information content (AvgIpc) is 3.92. The molecule has 9 N–H and O–H groups in total. The molecule has 0 amide bonds. The molecule has 0 spiro atoms. The van der Waals surface area contributed by atoms with Crippen molar-refractivity contribution in [1.29, 1.82) is 0 Å². The number of nitrogen functional groups attached to an aromatic ring is 1. The number of carboxylic acids is 6. The third-order valence-corrected chi connectivity index (χ3v) is 11.9. The van der Waals surface area contributed by atoms with Gasteiger partial charge >= 0.3 is 35.8 Å². The summed E-state index contributed by atoms with van der Waals surface area (Å²) < 4.78 is 54.6. The van der Waals surface area contributed by atoms with Crippen molar-refractivity contribution in [3.8, 4) is 11.1 Å². The lowest BCUT2D eigenvalue weighted by molar-refractivity contribution is -0.134. The van der Waals surface area contributed by atoms with E-state index in [-0.39, 0.29) is 22.1 Å². The Balaban J connectivity index is 0.000000336. The zero-order valence-corrected chi connectivity index (χ0v) is 36.9. The normalized spacial score (nSPS) is 16.6. The highest BCUT2D eigenvalue weighted by Crippen LogP contribution is 2.40. The number of hydrogen-bond acceptors (Lipinski definition) is 16. The highest BCUT2D eigenvalue weighted by molar-refractivity contribution is 7.93. The summed E-state index contributed by atoms with van der Waals surface area (Å²) in [4.78, 5) is 71.1. The Bertz CT molecular complexity index is 2690. The van der Waals surface area contributed by atoms with Gasteiger partial charge in [0.15, 0.2) is 0 Å². The van der Waals surface area contributed by atoms with Crippen LogP contribution in [0.25, 0.3) is 33.2 Å². The van der Waals surface area contributed by atoms with E-state index in [0.29, 0.717) is 70.3 Å². The first-order chi connectivity index (χ1) is 31.7. The number of halogens is 1. The van der Waals surface area contributed by atoms with Crippen molar-refractivity contribution >= 4 is 91.1 Å². The Kier molecular flexibility index (Phi) is 18.6. The fraction of sp³-hybridized carbons (Fsp3) is 0.268. The predicted molar refractivity (Wildman–Crippen MR) is 239 cm³/mol. The summed E-state index contributed by atoms with van der Waals surface area (Å²) >= 11 is 0.920. The molecule has 2 fully saturated rings. The van der Waals surface area contributed by atoms with Gasteiger partial charge in [0, 0.05) is 86.5 Å². The molecule has 67 heavy (non-hydrogen) atoms. The Hall–Kier alpha value is -7.68. The largest absolute Gasteiger partial charge is 0.478 e. The molecule has 0 unspecified atom stereocenters. The molecule has 26 heteroatoms. The first-order valence-electron chi connectivity index (χ1n) is 19.7. The number of fused-ring (bicyclic) bond motifs is 2. The zero-order chi connectivity index (χ0) is 49.4. The van der Waals surface area contributed by atoms with Crippen LogP contribution in [-0.4, -0.2) is 147 Å². The van der Waals surface area contributed by atoms with E-state index in [4.69, 9.17) is 36.4 Å². The maximum absolute atomic E-state index is 15.5. The van der Waals surface area contributed by atoms with E-state index < -0.39 is 51.7 Å². The fourth-order valence-electron chi connectivity index (χ4n) is 6.89. The fourth-order valence-corrected chi connectivity index (χ4v) is 8.72. The molecule has 0 bridgehead atoms. The number of rotatable bonds is 12. The minimum Gasteiger partial charge on any atom is -0.478 e. The van der Waals surface area contributed by atoms with Gasteiger partial charge in [0.2, 0.25) is 0 Å². The smallest absolute Gasteiger partial charge is 0.328 e. The van der Waals surface area contributed by atoms with Gasteiger partial charge in [-0.15, -0.1) is 0 Å². The van der Waals surface area contributed by atoms with Crippen LogP contribution in [0.2, 0.25) is 0 Å². The Morgan fingerprint density at radius 3 is 1.78 bits per heavy atom. The molecule has 2 aromatic carbocycles. The van der Waals surface area contributed by atoms with Crippen molar-refractivity contribution in [3.63, 3.8) is 0 Å². The Morgan fingerprint density at radius 2 is 1.27 bits per heavy atom. The van der Waals surface area contributed by atoms with Gasteiger partial charge in [0.05, 0.1) is 22.8 Å². The summed E-state index contributed by atoms with van der Waals surface area (Å²) in [5.41, 5.74) is 8.89. The molecule has 1 saturated heterocycles. The summed E-state index contributed by atoms with van der Waals surface area (Å²) in [7, 11) is -1.94. The van der Waals surface area contributed by atoms with Gasteiger partial charge in [-0.1, -0.05) is 12.1 Å². The van der Waals surface area contributed by atoms with Gasteiger partial charge in [0.25, 0.3) is 10.0 Å². The van der Waals surface area contributed by atoms with Crippen molar-refractivity contribution in [1.82, 2.24) is 33.1 Å². The number of hydrogen-bond donors (Lipinski definition) is 8. The Morgan fingerprint density at radius 1 is 0.746 bits per heavy atom. The number of anilines is 2. The first-order valence-corrected chi connectivity index (χ1v) is 21.9. The molecular weight excluding hydrogens is 926 g/mol. The van der Waals surface area contributed by atoms with Gasteiger partial charge in [-0.2, -0.15) is 8.75 Å². The summed E-state index contributed by atoms with van der Waals surface area (Å²) in [6, 6.07) is 9.95. The van der Waals surface area contributed by atoms with Crippen molar-refractivity contribution in [2.45, 2.75) is 42.7 Å². The molecule has 3 aromatic heterocycles. The summed E-state index contributed by atoms with van der Waals surface area (Å²) in [6.07, 6.45) is 11.0. The molecule has 4 heterocycles. The molecule has 0 radical (unpaired) electrons. The maximum Gasteiger partial charge on any atom is 0.328 e. The van der Waals surface area contributed by atoms with E-state index in [0.717, 1.165) is 69.2 Å². The molecule has 23 nitrogen and oxygen atoms in total. The number of nitrogens with zero attached hydrogens (tertiary/aromatic N) is 7. The molecule has 1 aliphatic carbocycles. The number of aliphatic carboxylic acids is 6. The highest BCUT2D eigenvalue weighted by atomic mass is 32.2.